The molecule has 1 fully saturated rings. The van der Waals surface area contributed by atoms with Crippen molar-refractivity contribution in [3.05, 3.63) is 82.8 Å². The fourth-order valence-electron chi connectivity index (χ4n) is 5.21. The van der Waals surface area contributed by atoms with E-state index in [4.69, 9.17) is 0 Å². The molecule has 1 atom stereocenters. The lowest BCUT2D eigenvalue weighted by molar-refractivity contribution is -0.140. The van der Waals surface area contributed by atoms with Crippen LogP contribution >= 0.6 is 0 Å². The summed E-state index contributed by atoms with van der Waals surface area (Å²) >= 11 is 0. The molecule has 0 bridgehead atoms. The first-order chi connectivity index (χ1) is 18.0. The zero-order chi connectivity index (χ0) is 27.2. The number of rotatable bonds is 6. The first-order valence-corrected chi connectivity index (χ1v) is 11.9. The van der Waals surface area contributed by atoms with Crippen LogP contribution in [0.2, 0.25) is 0 Å². The molecule has 1 amide bonds. The molecule has 0 radical (unpaired) electrons. The lowest BCUT2D eigenvalue weighted by atomic mass is 9.71. The molecule has 1 spiro atoms. The van der Waals surface area contributed by atoms with Gasteiger partial charge in [0.25, 0.3) is 0 Å². The first kappa shape index (κ1) is 26.0. The smallest absolute Gasteiger partial charge is 0.395 e. The van der Waals surface area contributed by atoms with Gasteiger partial charge in [-0.2, -0.15) is 13.2 Å². The summed E-state index contributed by atoms with van der Waals surface area (Å²) in [7, 11) is 0. The number of nitrogens with zero attached hydrogens (tertiary/aromatic N) is 4. The molecule has 3 heterocycles. The third-order valence-electron chi connectivity index (χ3n) is 7.06. The van der Waals surface area contributed by atoms with E-state index >= 15 is 0 Å². The number of aromatic nitrogens is 2. The van der Waals surface area contributed by atoms with Crippen LogP contribution in [0.5, 0.6) is 0 Å². The van der Waals surface area contributed by atoms with Gasteiger partial charge in [-0.15, -0.1) is 0 Å². The van der Waals surface area contributed by atoms with Gasteiger partial charge < -0.3 is 15.3 Å². The molecule has 0 aliphatic carbocycles. The van der Waals surface area contributed by atoms with Crippen LogP contribution < -0.4 is 10.2 Å². The Balaban J connectivity index is 1.54. The summed E-state index contributed by atoms with van der Waals surface area (Å²) in [5, 5.41) is 12.4. The van der Waals surface area contributed by atoms with Gasteiger partial charge in [-0.3, -0.25) is 9.69 Å². The summed E-state index contributed by atoms with van der Waals surface area (Å²) in [5.41, 5.74) is -1.17. The summed E-state index contributed by atoms with van der Waals surface area (Å²) in [6, 6.07) is 7.62. The molecule has 3 aromatic rings. The molecule has 0 saturated carbocycles. The number of carbonyl (C=O) groups is 1. The van der Waals surface area contributed by atoms with E-state index in [0.29, 0.717) is 29.6 Å². The number of likely N-dealkylation sites (tertiary alicyclic amines) is 1. The molecule has 0 unspecified atom stereocenters. The number of amides is 1. The van der Waals surface area contributed by atoms with Crippen LogP contribution in [0.15, 0.2) is 48.8 Å². The SMILES string of the molecule is C[C@@H](Nc1ncnc2c1CN(c1ccc(F)cc1)C(=O)C21CN(CCO)C1)c1cccc(C(F)(F)F)c1F. The number of hydrogen-bond acceptors (Lipinski definition) is 6. The molecule has 5 rings (SSSR count). The average Bonchev–Trinajstić information content (AvgIpc) is 2.84. The summed E-state index contributed by atoms with van der Waals surface area (Å²) in [6.07, 6.45) is -3.59. The molecule has 2 aliphatic heterocycles. The van der Waals surface area contributed by atoms with Crippen LogP contribution in [-0.4, -0.2) is 52.1 Å². The van der Waals surface area contributed by atoms with Gasteiger partial charge in [-0.25, -0.2) is 18.7 Å². The van der Waals surface area contributed by atoms with Crippen LogP contribution in [0.3, 0.4) is 0 Å². The van der Waals surface area contributed by atoms with Crippen LogP contribution in [0.4, 0.5) is 33.5 Å². The van der Waals surface area contributed by atoms with E-state index in [0.717, 1.165) is 6.07 Å². The number of aliphatic hydroxyl groups is 1. The number of β-amino-alcohol motifs (C(OH)–C–C–N with tert-alkyl or cyclic N) is 1. The number of fused-ring (bicyclic) bond motifs is 2. The molecule has 1 aromatic heterocycles. The van der Waals surface area contributed by atoms with E-state index in [1.54, 1.807) is 0 Å². The maximum atomic E-state index is 14.8. The summed E-state index contributed by atoms with van der Waals surface area (Å²) in [5.74, 6) is -1.83. The summed E-state index contributed by atoms with van der Waals surface area (Å²) in [4.78, 5) is 25.8. The Morgan fingerprint density at radius 2 is 1.82 bits per heavy atom. The topological polar surface area (TPSA) is 81.6 Å². The van der Waals surface area contributed by atoms with E-state index in [1.807, 2.05) is 4.90 Å². The van der Waals surface area contributed by atoms with Gasteiger partial charge in [0, 0.05) is 36.4 Å². The number of nitrogens with one attached hydrogen (secondary N) is 1. The molecular formula is C26H24F5N5O2. The first-order valence-electron chi connectivity index (χ1n) is 11.9. The monoisotopic (exact) mass is 533 g/mol. The molecular weight excluding hydrogens is 509 g/mol. The molecule has 2 aromatic carbocycles. The number of aliphatic hydroxyl groups excluding tert-OH is 1. The average molecular weight is 534 g/mol. The van der Waals surface area contributed by atoms with Gasteiger partial charge in [0.2, 0.25) is 5.91 Å². The second-order valence-electron chi connectivity index (χ2n) is 9.51. The van der Waals surface area contributed by atoms with Crippen LogP contribution in [0, 0.1) is 11.6 Å². The number of benzene rings is 2. The van der Waals surface area contributed by atoms with Crippen molar-refractivity contribution in [2.24, 2.45) is 0 Å². The molecule has 12 heteroatoms. The van der Waals surface area contributed by atoms with Crippen molar-refractivity contribution in [1.82, 2.24) is 14.9 Å². The Morgan fingerprint density at radius 1 is 1.11 bits per heavy atom. The van der Waals surface area contributed by atoms with E-state index < -0.39 is 34.8 Å². The van der Waals surface area contributed by atoms with Crippen molar-refractivity contribution in [3.63, 3.8) is 0 Å². The van der Waals surface area contributed by atoms with Gasteiger partial charge in [0.1, 0.15) is 29.2 Å². The predicted octanol–water partition coefficient (Wildman–Crippen LogP) is 4.04. The maximum Gasteiger partial charge on any atom is 0.419 e. The molecule has 2 aliphatic rings. The van der Waals surface area contributed by atoms with Crippen LogP contribution in [-0.2, 0) is 22.9 Å². The number of carbonyl (C=O) groups excluding carboxylic acids is 1. The van der Waals surface area contributed by atoms with E-state index in [-0.39, 0.29) is 43.5 Å². The Kier molecular flexibility index (Phi) is 6.56. The van der Waals surface area contributed by atoms with E-state index in [2.05, 4.69) is 15.3 Å². The lowest BCUT2D eigenvalue weighted by Crippen LogP contribution is -2.69. The van der Waals surface area contributed by atoms with Crippen LogP contribution in [0.1, 0.15) is 35.3 Å². The zero-order valence-electron chi connectivity index (χ0n) is 20.3. The van der Waals surface area contributed by atoms with E-state index in [9.17, 15) is 31.9 Å². The molecule has 7 nitrogen and oxygen atoms in total. The van der Waals surface area contributed by atoms with Gasteiger partial charge in [-0.1, -0.05) is 12.1 Å². The molecule has 1 saturated heterocycles. The third kappa shape index (κ3) is 4.37. The minimum atomic E-state index is -4.85. The van der Waals surface area contributed by atoms with Gasteiger partial charge >= 0.3 is 6.18 Å². The van der Waals surface area contributed by atoms with Crippen molar-refractivity contribution in [2.45, 2.75) is 31.1 Å². The number of halogens is 5. The highest BCUT2D eigenvalue weighted by Gasteiger charge is 2.57. The minimum absolute atomic E-state index is 0.0164. The number of alkyl halides is 3. The Labute approximate surface area is 214 Å². The highest BCUT2D eigenvalue weighted by atomic mass is 19.4. The van der Waals surface area contributed by atoms with Gasteiger partial charge in [0.15, 0.2) is 0 Å². The fourth-order valence-corrected chi connectivity index (χ4v) is 5.21. The molecule has 38 heavy (non-hydrogen) atoms. The Bertz CT molecular complexity index is 1360. The predicted molar refractivity (Wildman–Crippen MR) is 128 cm³/mol. The highest BCUT2D eigenvalue weighted by Crippen LogP contribution is 2.44. The number of hydrogen-bond donors (Lipinski definition) is 2. The van der Waals surface area contributed by atoms with Gasteiger partial charge in [0.05, 0.1) is 30.5 Å². The van der Waals surface area contributed by atoms with E-state index in [1.165, 1.54) is 48.5 Å². The minimum Gasteiger partial charge on any atom is -0.395 e. The maximum absolute atomic E-state index is 14.8. The summed E-state index contributed by atoms with van der Waals surface area (Å²) < 4.78 is 68.2. The molecule has 200 valence electrons. The zero-order valence-corrected chi connectivity index (χ0v) is 20.3. The summed E-state index contributed by atoms with van der Waals surface area (Å²) in [6.45, 7) is 2.37. The van der Waals surface area contributed by atoms with Crippen molar-refractivity contribution in [3.8, 4) is 0 Å². The van der Waals surface area contributed by atoms with Crippen molar-refractivity contribution >= 4 is 17.4 Å². The van der Waals surface area contributed by atoms with Crippen molar-refractivity contribution in [1.29, 1.82) is 0 Å². The second-order valence-corrected chi connectivity index (χ2v) is 9.51. The Morgan fingerprint density at radius 3 is 2.47 bits per heavy atom. The fraction of sp³-hybridized carbons (Fsp3) is 0.346. The normalized spacial score (nSPS) is 17.8. The van der Waals surface area contributed by atoms with Crippen molar-refractivity contribution in [2.75, 3.05) is 36.5 Å². The third-order valence-corrected chi connectivity index (χ3v) is 7.06. The largest absolute Gasteiger partial charge is 0.419 e. The quantitative estimate of drug-likeness (QED) is 0.466. The molecule has 2 N–H and O–H groups in total. The lowest BCUT2D eigenvalue weighted by Gasteiger charge is -2.53. The van der Waals surface area contributed by atoms with Crippen molar-refractivity contribution < 1.29 is 31.9 Å². The number of anilines is 2. The standard InChI is InChI=1S/C26H24F5N5O2/c1-15(18-3-2-4-20(21(18)28)26(29,30)31)34-23-19-11-36(17-7-5-16(27)6-8-17)24(38)25(22(19)32-14-33-23)12-35(13-25)9-10-37/h2-8,14-15,37H,9-13H2,1H3,(H,32,33,34)/t15-/m1/s1. The Hall–Kier alpha value is -3.64. The van der Waals surface area contributed by atoms with Crippen LogP contribution in [0.25, 0.3) is 0 Å². The highest BCUT2D eigenvalue weighted by molar-refractivity contribution is 6.04. The van der Waals surface area contributed by atoms with Gasteiger partial charge in [-0.05, 0) is 37.3 Å². The second kappa shape index (κ2) is 9.59.